The van der Waals surface area contributed by atoms with E-state index in [0.717, 1.165) is 14.9 Å². The zero-order chi connectivity index (χ0) is 19.8. The molecule has 0 saturated heterocycles. The molecule has 0 aliphatic rings. The minimum atomic E-state index is -0.620. The van der Waals surface area contributed by atoms with Gasteiger partial charge >= 0.3 is 0 Å². The van der Waals surface area contributed by atoms with Crippen molar-refractivity contribution in [1.82, 2.24) is 10.2 Å². The molecule has 0 spiro atoms. The molecule has 1 N–H and O–H groups in total. The van der Waals surface area contributed by atoms with E-state index in [9.17, 15) is 9.59 Å². The average Bonchev–Trinajstić information content (AvgIpc) is 2.70. The lowest BCUT2D eigenvalue weighted by molar-refractivity contribution is -0.142. The molecule has 2 aromatic carbocycles. The Morgan fingerprint density at radius 2 is 1.67 bits per heavy atom. The number of ether oxygens (including phenoxy) is 2. The molecule has 0 aromatic heterocycles. The fourth-order valence-electron chi connectivity index (χ4n) is 2.48. The van der Waals surface area contributed by atoms with Gasteiger partial charge in [0.1, 0.15) is 17.5 Å². The molecular formula is C20H23IN2O4. The molecule has 2 amide bonds. The van der Waals surface area contributed by atoms with E-state index in [1.54, 1.807) is 21.1 Å². The molecule has 7 heteroatoms. The van der Waals surface area contributed by atoms with Crippen molar-refractivity contribution >= 4 is 34.4 Å². The maximum atomic E-state index is 12.8. The highest BCUT2D eigenvalue weighted by Gasteiger charge is 2.25. The molecule has 144 valence electrons. The monoisotopic (exact) mass is 482 g/mol. The highest BCUT2D eigenvalue weighted by Crippen LogP contribution is 2.16. The minimum Gasteiger partial charge on any atom is -0.497 e. The second-order valence-corrected chi connectivity index (χ2v) is 7.15. The molecule has 1 atom stereocenters. The van der Waals surface area contributed by atoms with Crippen LogP contribution in [0.5, 0.6) is 11.5 Å². The summed E-state index contributed by atoms with van der Waals surface area (Å²) < 4.78 is 11.8. The number of halogens is 1. The Bertz CT molecular complexity index is 763. The van der Waals surface area contributed by atoms with Crippen LogP contribution in [0.15, 0.2) is 48.5 Å². The first kappa shape index (κ1) is 21.0. The van der Waals surface area contributed by atoms with Crippen LogP contribution in [0.2, 0.25) is 0 Å². The van der Waals surface area contributed by atoms with Gasteiger partial charge in [-0.15, -0.1) is 0 Å². The third-order valence-electron chi connectivity index (χ3n) is 4.10. The van der Waals surface area contributed by atoms with Crippen molar-refractivity contribution in [3.8, 4) is 11.5 Å². The van der Waals surface area contributed by atoms with Crippen molar-refractivity contribution in [1.29, 1.82) is 0 Å². The van der Waals surface area contributed by atoms with Crippen LogP contribution >= 0.6 is 22.6 Å². The number of nitrogens with one attached hydrogen (secondary N) is 1. The van der Waals surface area contributed by atoms with Crippen molar-refractivity contribution in [2.45, 2.75) is 19.5 Å². The molecule has 0 fully saturated rings. The SMILES string of the molecule is CNC(=O)[C@H](C)N(Cc1ccc(OC)cc1)C(=O)COc1ccc(I)cc1. The summed E-state index contributed by atoms with van der Waals surface area (Å²) in [4.78, 5) is 26.4. The Morgan fingerprint density at radius 1 is 1.07 bits per heavy atom. The fourth-order valence-corrected chi connectivity index (χ4v) is 2.84. The minimum absolute atomic E-state index is 0.141. The van der Waals surface area contributed by atoms with Gasteiger partial charge in [-0.05, 0) is 71.5 Å². The topological polar surface area (TPSA) is 67.9 Å². The summed E-state index contributed by atoms with van der Waals surface area (Å²) in [5.74, 6) is 0.852. The Kier molecular flexibility index (Phi) is 7.90. The summed E-state index contributed by atoms with van der Waals surface area (Å²) in [6.07, 6.45) is 0. The van der Waals surface area contributed by atoms with E-state index in [2.05, 4.69) is 27.9 Å². The lowest BCUT2D eigenvalue weighted by Gasteiger charge is -2.28. The molecule has 0 unspecified atom stereocenters. The summed E-state index contributed by atoms with van der Waals surface area (Å²) >= 11 is 2.20. The molecule has 0 aliphatic carbocycles. The second-order valence-electron chi connectivity index (χ2n) is 5.90. The third kappa shape index (κ3) is 6.13. The van der Waals surface area contributed by atoms with Crippen molar-refractivity contribution in [2.75, 3.05) is 20.8 Å². The number of amides is 2. The van der Waals surface area contributed by atoms with Gasteiger partial charge < -0.3 is 19.7 Å². The van der Waals surface area contributed by atoms with Crippen LogP contribution in [-0.2, 0) is 16.1 Å². The van der Waals surface area contributed by atoms with Gasteiger partial charge in [-0.1, -0.05) is 12.1 Å². The molecule has 0 aliphatic heterocycles. The van der Waals surface area contributed by atoms with Crippen LogP contribution < -0.4 is 14.8 Å². The number of nitrogens with zero attached hydrogens (tertiary/aromatic N) is 1. The Morgan fingerprint density at radius 3 is 2.22 bits per heavy atom. The average molecular weight is 482 g/mol. The first-order valence-corrected chi connectivity index (χ1v) is 9.55. The molecule has 0 saturated carbocycles. The van der Waals surface area contributed by atoms with Gasteiger partial charge in [-0.3, -0.25) is 9.59 Å². The molecule has 0 heterocycles. The van der Waals surface area contributed by atoms with E-state index in [4.69, 9.17) is 9.47 Å². The quantitative estimate of drug-likeness (QED) is 0.588. The lowest BCUT2D eigenvalue weighted by Crippen LogP contribution is -2.48. The van der Waals surface area contributed by atoms with E-state index in [0.29, 0.717) is 12.3 Å². The van der Waals surface area contributed by atoms with E-state index in [1.165, 1.54) is 4.90 Å². The molecule has 0 bridgehead atoms. The summed E-state index contributed by atoms with van der Waals surface area (Å²) in [6.45, 7) is 1.86. The molecule has 0 radical (unpaired) electrons. The zero-order valence-electron chi connectivity index (χ0n) is 15.6. The number of carbonyl (C=O) groups is 2. The summed E-state index contributed by atoms with van der Waals surface area (Å²) in [7, 11) is 3.15. The van der Waals surface area contributed by atoms with Gasteiger partial charge in [-0.25, -0.2) is 0 Å². The van der Waals surface area contributed by atoms with E-state index < -0.39 is 6.04 Å². The number of hydrogen-bond donors (Lipinski definition) is 1. The number of carbonyl (C=O) groups excluding carboxylic acids is 2. The maximum absolute atomic E-state index is 12.8. The zero-order valence-corrected chi connectivity index (χ0v) is 17.7. The second kappa shape index (κ2) is 10.1. The van der Waals surface area contributed by atoms with Gasteiger partial charge in [0.25, 0.3) is 5.91 Å². The summed E-state index contributed by atoms with van der Waals surface area (Å²) in [5, 5.41) is 2.59. The number of methoxy groups -OCH3 is 1. The summed E-state index contributed by atoms with van der Waals surface area (Å²) in [6, 6.07) is 14.2. The lowest BCUT2D eigenvalue weighted by atomic mass is 10.1. The molecule has 27 heavy (non-hydrogen) atoms. The van der Waals surface area contributed by atoms with Crippen molar-refractivity contribution < 1.29 is 19.1 Å². The third-order valence-corrected chi connectivity index (χ3v) is 4.82. The van der Waals surface area contributed by atoms with Gasteiger partial charge in [0, 0.05) is 17.2 Å². The van der Waals surface area contributed by atoms with Crippen molar-refractivity contribution in [3.05, 3.63) is 57.7 Å². The van der Waals surface area contributed by atoms with Gasteiger partial charge in [0.05, 0.1) is 7.11 Å². The number of hydrogen-bond acceptors (Lipinski definition) is 4. The molecule has 2 rings (SSSR count). The van der Waals surface area contributed by atoms with Gasteiger partial charge in [0.2, 0.25) is 5.91 Å². The molecule has 6 nitrogen and oxygen atoms in total. The van der Waals surface area contributed by atoms with Crippen molar-refractivity contribution in [3.63, 3.8) is 0 Å². The standard InChI is InChI=1S/C20H23IN2O4/c1-14(20(25)22-2)23(12-15-4-8-17(26-3)9-5-15)19(24)13-27-18-10-6-16(21)7-11-18/h4-11,14H,12-13H2,1-3H3,(H,22,25)/t14-/m0/s1. The highest BCUT2D eigenvalue weighted by atomic mass is 127. The van der Waals surface area contributed by atoms with Crippen LogP contribution in [0.1, 0.15) is 12.5 Å². The smallest absolute Gasteiger partial charge is 0.261 e. The van der Waals surface area contributed by atoms with Crippen LogP contribution in [0.3, 0.4) is 0 Å². The van der Waals surface area contributed by atoms with Crippen LogP contribution in [0.4, 0.5) is 0 Å². The summed E-state index contributed by atoms with van der Waals surface area (Å²) in [5.41, 5.74) is 0.897. The first-order valence-electron chi connectivity index (χ1n) is 8.47. The Hall–Kier alpha value is -2.29. The Balaban J connectivity index is 2.10. The largest absolute Gasteiger partial charge is 0.497 e. The van der Waals surface area contributed by atoms with Crippen LogP contribution in [-0.4, -0.2) is 43.5 Å². The normalized spacial score (nSPS) is 11.4. The molecular weight excluding hydrogens is 459 g/mol. The number of rotatable bonds is 8. The fraction of sp³-hybridized carbons (Fsp3) is 0.300. The number of likely N-dealkylation sites (N-methyl/N-ethyl adjacent to an activating group) is 1. The Labute approximate surface area is 173 Å². The van der Waals surface area contributed by atoms with Crippen LogP contribution in [0.25, 0.3) is 0 Å². The van der Waals surface area contributed by atoms with E-state index in [-0.39, 0.29) is 18.4 Å². The van der Waals surface area contributed by atoms with Crippen LogP contribution in [0, 0.1) is 3.57 Å². The number of benzene rings is 2. The van der Waals surface area contributed by atoms with Gasteiger partial charge in [-0.2, -0.15) is 0 Å². The predicted octanol–water partition coefficient (Wildman–Crippen LogP) is 2.84. The van der Waals surface area contributed by atoms with E-state index in [1.807, 2.05) is 48.5 Å². The van der Waals surface area contributed by atoms with E-state index >= 15 is 0 Å². The maximum Gasteiger partial charge on any atom is 0.261 e. The highest BCUT2D eigenvalue weighted by molar-refractivity contribution is 14.1. The first-order chi connectivity index (χ1) is 12.9. The predicted molar refractivity (Wildman–Crippen MR) is 112 cm³/mol. The van der Waals surface area contributed by atoms with Gasteiger partial charge in [0.15, 0.2) is 6.61 Å². The van der Waals surface area contributed by atoms with Crippen molar-refractivity contribution in [2.24, 2.45) is 0 Å². The molecule has 2 aromatic rings.